The first-order chi connectivity index (χ1) is 14.6. The van der Waals surface area contributed by atoms with Gasteiger partial charge in [-0.25, -0.2) is 4.79 Å². The van der Waals surface area contributed by atoms with Gasteiger partial charge in [0.15, 0.2) is 11.9 Å². The van der Waals surface area contributed by atoms with Crippen LogP contribution in [0.25, 0.3) is 0 Å². The number of ether oxygens (including phenoxy) is 3. The monoisotopic (exact) mass is 433 g/mol. The summed E-state index contributed by atoms with van der Waals surface area (Å²) in [7, 11) is 1.29. The highest BCUT2D eigenvalue weighted by atomic mass is 16.6. The molecule has 1 aromatic heterocycles. The van der Waals surface area contributed by atoms with Gasteiger partial charge in [-0.2, -0.15) is 0 Å². The zero-order valence-electron chi connectivity index (χ0n) is 17.8. The van der Waals surface area contributed by atoms with E-state index in [4.69, 9.17) is 24.4 Å². The van der Waals surface area contributed by atoms with Crippen molar-refractivity contribution in [2.75, 3.05) is 7.11 Å². The van der Waals surface area contributed by atoms with Crippen molar-refractivity contribution in [2.24, 2.45) is 34.3 Å². The number of esters is 2. The molecule has 9 heteroatoms. The Hall–Kier alpha value is -2.84. The van der Waals surface area contributed by atoms with Crippen LogP contribution >= 0.6 is 0 Å². The third kappa shape index (κ3) is 3.21. The maximum Gasteiger partial charge on any atom is 0.405 e. The van der Waals surface area contributed by atoms with E-state index in [1.54, 1.807) is 6.07 Å². The van der Waals surface area contributed by atoms with E-state index in [0.29, 0.717) is 24.8 Å². The number of nitrogens with two attached hydrogens (primary N) is 1. The summed E-state index contributed by atoms with van der Waals surface area (Å²) in [6.45, 7) is 3.79. The minimum atomic E-state index is -1.17. The zero-order chi connectivity index (χ0) is 22.6. The van der Waals surface area contributed by atoms with E-state index in [-0.39, 0.29) is 18.2 Å². The number of Topliss-reactive ketones (excluding diaryl/α,β-unsaturated/α-hetero) is 1. The number of ketones is 1. The highest BCUT2D eigenvalue weighted by Crippen LogP contribution is 2.65. The SMILES string of the molecule is COC(=O)[C@@H]1C[C@H](OC(N)=O)C(=O)C2[C@@]1(C)CC[C@H]1C(=O)O[C@H](c3ccoc3)C[C@]21C. The van der Waals surface area contributed by atoms with Crippen LogP contribution in [-0.4, -0.2) is 37.0 Å². The molecule has 2 N–H and O–H groups in total. The van der Waals surface area contributed by atoms with Crippen LogP contribution in [0.1, 0.15) is 51.2 Å². The summed E-state index contributed by atoms with van der Waals surface area (Å²) in [5.74, 6) is -3.05. The van der Waals surface area contributed by atoms with Crippen LogP contribution < -0.4 is 5.73 Å². The van der Waals surface area contributed by atoms with Gasteiger partial charge in [-0.3, -0.25) is 14.4 Å². The molecule has 3 aliphatic rings. The van der Waals surface area contributed by atoms with Gasteiger partial charge in [-0.1, -0.05) is 13.8 Å². The summed E-state index contributed by atoms with van der Waals surface area (Å²) >= 11 is 0. The van der Waals surface area contributed by atoms with E-state index in [1.165, 1.54) is 19.6 Å². The van der Waals surface area contributed by atoms with Gasteiger partial charge in [0, 0.05) is 17.9 Å². The molecule has 3 fully saturated rings. The molecule has 4 rings (SSSR count). The van der Waals surface area contributed by atoms with Gasteiger partial charge in [-0.15, -0.1) is 0 Å². The number of primary amides is 1. The van der Waals surface area contributed by atoms with Gasteiger partial charge >= 0.3 is 18.0 Å². The molecule has 2 saturated carbocycles. The molecular formula is C22H27NO8. The van der Waals surface area contributed by atoms with Crippen molar-refractivity contribution in [3.05, 3.63) is 24.2 Å². The standard InChI is InChI=1S/C22H27NO8/c1-21-6-4-12-19(26)30-15(11-5-7-29-10-11)9-22(12,2)17(21)16(24)14(31-20(23)27)8-13(21)18(25)28-3/h5,7,10,12-15,17H,4,6,8-9H2,1-3H3,(H2,23,27)/t12-,13-,14-,15-,17?,21-,22-/m0/s1. The van der Waals surface area contributed by atoms with Gasteiger partial charge in [-0.05, 0) is 36.2 Å². The first kappa shape index (κ1) is 21.4. The zero-order valence-corrected chi connectivity index (χ0v) is 17.8. The average molecular weight is 433 g/mol. The summed E-state index contributed by atoms with van der Waals surface area (Å²) in [4.78, 5) is 50.9. The lowest BCUT2D eigenvalue weighted by molar-refractivity contribution is -0.207. The van der Waals surface area contributed by atoms with Crippen LogP contribution in [-0.2, 0) is 28.6 Å². The van der Waals surface area contributed by atoms with Gasteiger partial charge in [0.1, 0.15) is 6.10 Å². The number of fused-ring (bicyclic) bond motifs is 3. The number of carbonyl (C=O) groups is 4. The van der Waals surface area contributed by atoms with Crippen LogP contribution in [0.3, 0.4) is 0 Å². The third-order valence-corrected chi connectivity index (χ3v) is 7.76. The second kappa shape index (κ2) is 7.39. The highest BCUT2D eigenvalue weighted by molar-refractivity contribution is 5.93. The minimum Gasteiger partial charge on any atom is -0.472 e. The lowest BCUT2D eigenvalue weighted by atomic mass is 9.43. The van der Waals surface area contributed by atoms with Crippen molar-refractivity contribution < 1.29 is 37.8 Å². The lowest BCUT2D eigenvalue weighted by Gasteiger charge is -2.60. The normalized spacial score (nSPS) is 39.6. The fourth-order valence-electron chi connectivity index (χ4n) is 6.40. The molecule has 31 heavy (non-hydrogen) atoms. The summed E-state index contributed by atoms with van der Waals surface area (Å²) in [5, 5.41) is 0. The smallest absolute Gasteiger partial charge is 0.405 e. The van der Waals surface area contributed by atoms with E-state index in [9.17, 15) is 19.2 Å². The van der Waals surface area contributed by atoms with Gasteiger partial charge in [0.25, 0.3) is 0 Å². The number of hydrogen-bond donors (Lipinski definition) is 1. The molecule has 0 spiro atoms. The summed E-state index contributed by atoms with van der Waals surface area (Å²) < 4.78 is 21.0. The molecule has 168 valence electrons. The van der Waals surface area contributed by atoms with Gasteiger partial charge in [0.2, 0.25) is 0 Å². The van der Waals surface area contributed by atoms with Crippen molar-refractivity contribution in [1.82, 2.24) is 0 Å². The summed E-state index contributed by atoms with van der Waals surface area (Å²) in [6.07, 6.45) is 1.55. The van der Waals surface area contributed by atoms with E-state index in [1.807, 2.05) is 13.8 Å². The van der Waals surface area contributed by atoms with Crippen molar-refractivity contribution in [2.45, 2.75) is 51.7 Å². The Morgan fingerprint density at radius 1 is 1.23 bits per heavy atom. The number of furan rings is 1. The second-order valence-electron chi connectivity index (χ2n) is 9.36. The average Bonchev–Trinajstić information content (AvgIpc) is 3.23. The molecular weight excluding hydrogens is 406 g/mol. The Morgan fingerprint density at radius 2 is 1.97 bits per heavy atom. The minimum absolute atomic E-state index is 0.0117. The Bertz CT molecular complexity index is 911. The van der Waals surface area contributed by atoms with Crippen LogP contribution in [0.4, 0.5) is 4.79 Å². The maximum atomic E-state index is 13.7. The van der Waals surface area contributed by atoms with Crippen LogP contribution in [0.5, 0.6) is 0 Å². The highest BCUT2D eigenvalue weighted by Gasteiger charge is 2.67. The van der Waals surface area contributed by atoms with Crippen molar-refractivity contribution in [3.63, 3.8) is 0 Å². The van der Waals surface area contributed by atoms with E-state index in [0.717, 1.165) is 0 Å². The number of amides is 1. The second-order valence-corrected chi connectivity index (χ2v) is 9.36. The molecule has 1 aliphatic heterocycles. The number of carbonyl (C=O) groups excluding carboxylic acids is 4. The van der Waals surface area contributed by atoms with E-state index in [2.05, 4.69) is 0 Å². The molecule has 0 radical (unpaired) electrons. The first-order valence-corrected chi connectivity index (χ1v) is 10.4. The molecule has 1 aromatic rings. The molecule has 9 nitrogen and oxygen atoms in total. The fraction of sp³-hybridized carbons (Fsp3) is 0.636. The Morgan fingerprint density at radius 3 is 2.58 bits per heavy atom. The predicted molar refractivity (Wildman–Crippen MR) is 104 cm³/mol. The molecule has 1 unspecified atom stereocenters. The van der Waals surface area contributed by atoms with Gasteiger partial charge < -0.3 is 24.4 Å². The lowest BCUT2D eigenvalue weighted by Crippen LogP contribution is -2.65. The molecule has 1 amide bonds. The van der Waals surface area contributed by atoms with Crippen LogP contribution in [0, 0.1) is 28.6 Å². The van der Waals surface area contributed by atoms with Crippen LogP contribution in [0.2, 0.25) is 0 Å². The Kier molecular flexibility index (Phi) is 5.10. The van der Waals surface area contributed by atoms with Crippen molar-refractivity contribution >= 4 is 23.8 Å². The number of hydrogen-bond acceptors (Lipinski definition) is 8. The molecule has 0 bridgehead atoms. The van der Waals surface area contributed by atoms with Crippen molar-refractivity contribution in [3.8, 4) is 0 Å². The largest absolute Gasteiger partial charge is 0.472 e. The maximum absolute atomic E-state index is 13.7. The first-order valence-electron chi connectivity index (χ1n) is 10.4. The number of rotatable bonds is 3. The molecule has 0 aromatic carbocycles. The van der Waals surface area contributed by atoms with Crippen LogP contribution in [0.15, 0.2) is 23.0 Å². The number of cyclic esters (lactones) is 1. The molecule has 1 saturated heterocycles. The Balaban J connectivity index is 1.80. The van der Waals surface area contributed by atoms with Crippen molar-refractivity contribution in [1.29, 1.82) is 0 Å². The predicted octanol–water partition coefficient (Wildman–Crippen LogP) is 2.53. The van der Waals surface area contributed by atoms with E-state index >= 15 is 0 Å². The fourth-order valence-corrected chi connectivity index (χ4v) is 6.40. The van der Waals surface area contributed by atoms with E-state index < -0.39 is 52.9 Å². The molecule has 7 atom stereocenters. The molecule has 2 heterocycles. The number of methoxy groups -OCH3 is 1. The third-order valence-electron chi connectivity index (χ3n) is 7.76. The quantitative estimate of drug-likeness (QED) is 0.567. The van der Waals surface area contributed by atoms with Gasteiger partial charge in [0.05, 0.1) is 31.5 Å². The Labute approximate surface area is 179 Å². The summed E-state index contributed by atoms with van der Waals surface area (Å²) in [5.41, 5.74) is 4.34. The topological polar surface area (TPSA) is 135 Å². The molecule has 2 aliphatic carbocycles. The summed E-state index contributed by atoms with van der Waals surface area (Å²) in [6, 6.07) is 1.72.